The minimum absolute atomic E-state index is 0.209. The number of aryl methyl sites for hydroxylation is 1. The Bertz CT molecular complexity index is 890. The van der Waals surface area contributed by atoms with E-state index in [1.165, 1.54) is 4.31 Å². The monoisotopic (exact) mass is 349 g/mol. The lowest BCUT2D eigenvalue weighted by atomic mass is 10.1. The Morgan fingerprint density at radius 2 is 2.00 bits per heavy atom. The van der Waals surface area contributed by atoms with Crippen LogP contribution in [-0.2, 0) is 14.8 Å². The number of hydrogen-bond donors (Lipinski definition) is 2. The molecule has 128 valence electrons. The molecule has 2 aromatic rings. The number of carboxylic acid groups (broad SMARTS) is 1. The number of rotatable bonds is 5. The summed E-state index contributed by atoms with van der Waals surface area (Å²) in [5.41, 5.74) is 1.92. The topological polar surface area (TPSA) is 99.6 Å². The van der Waals surface area contributed by atoms with Crippen LogP contribution >= 0.6 is 0 Å². The zero-order valence-corrected chi connectivity index (χ0v) is 14.1. The number of hydrogen-bond acceptors (Lipinski definition) is 5. The first-order valence-corrected chi connectivity index (χ1v) is 9.19. The predicted molar refractivity (Wildman–Crippen MR) is 90.6 cm³/mol. The number of carbonyl (C=O) groups is 1. The van der Waals surface area contributed by atoms with Crippen molar-refractivity contribution in [2.75, 3.05) is 25.0 Å². The molecule has 1 saturated heterocycles. The van der Waals surface area contributed by atoms with Crippen molar-refractivity contribution in [1.29, 1.82) is 0 Å². The third kappa shape index (κ3) is 3.20. The highest BCUT2D eigenvalue weighted by Gasteiger charge is 2.27. The third-order valence-corrected chi connectivity index (χ3v) is 5.94. The van der Waals surface area contributed by atoms with E-state index in [0.29, 0.717) is 29.7 Å². The molecule has 0 unspecified atom stereocenters. The zero-order chi connectivity index (χ0) is 17.3. The van der Waals surface area contributed by atoms with Crippen LogP contribution in [0.1, 0.15) is 18.5 Å². The van der Waals surface area contributed by atoms with E-state index in [2.05, 4.69) is 10.3 Å². The van der Waals surface area contributed by atoms with Gasteiger partial charge in [0.2, 0.25) is 10.0 Å². The number of sulfonamides is 1. The van der Waals surface area contributed by atoms with Crippen molar-refractivity contribution in [3.8, 4) is 0 Å². The molecule has 0 aliphatic carbocycles. The van der Waals surface area contributed by atoms with Gasteiger partial charge in [-0.3, -0.25) is 9.78 Å². The Morgan fingerprint density at radius 1 is 1.29 bits per heavy atom. The molecule has 0 atom stereocenters. The lowest BCUT2D eigenvalue weighted by Gasteiger charge is -2.16. The van der Waals surface area contributed by atoms with Crippen molar-refractivity contribution in [3.05, 3.63) is 30.0 Å². The summed E-state index contributed by atoms with van der Waals surface area (Å²) in [7, 11) is -3.53. The lowest BCUT2D eigenvalue weighted by Crippen LogP contribution is -2.27. The zero-order valence-electron chi connectivity index (χ0n) is 13.3. The van der Waals surface area contributed by atoms with E-state index in [0.717, 1.165) is 18.5 Å². The molecule has 2 N–H and O–H groups in total. The van der Waals surface area contributed by atoms with E-state index >= 15 is 0 Å². The molecule has 0 bridgehead atoms. The summed E-state index contributed by atoms with van der Waals surface area (Å²) >= 11 is 0. The van der Waals surface area contributed by atoms with Crippen molar-refractivity contribution in [2.24, 2.45) is 0 Å². The van der Waals surface area contributed by atoms with E-state index in [-0.39, 0.29) is 11.4 Å². The molecule has 2 heterocycles. The number of pyridine rings is 1. The minimum Gasteiger partial charge on any atom is -0.480 e. The molecule has 0 saturated carbocycles. The Hall–Kier alpha value is -2.19. The third-order valence-electron chi connectivity index (χ3n) is 4.04. The van der Waals surface area contributed by atoms with Crippen molar-refractivity contribution in [2.45, 2.75) is 24.7 Å². The SMILES string of the molecule is Cc1cc(NCC(=O)O)c2cc(S(=O)(=O)N3CCCC3)ccc2n1. The van der Waals surface area contributed by atoms with Crippen LogP contribution in [0, 0.1) is 6.92 Å². The molecule has 0 amide bonds. The number of nitrogens with one attached hydrogen (secondary N) is 1. The maximum absolute atomic E-state index is 12.7. The highest BCUT2D eigenvalue weighted by molar-refractivity contribution is 7.89. The molecule has 0 radical (unpaired) electrons. The summed E-state index contributed by atoms with van der Waals surface area (Å²) < 4.78 is 26.9. The molecule has 1 aliphatic rings. The van der Waals surface area contributed by atoms with Gasteiger partial charge >= 0.3 is 5.97 Å². The maximum atomic E-state index is 12.7. The van der Waals surface area contributed by atoms with Gasteiger partial charge in [-0.15, -0.1) is 0 Å². The number of fused-ring (bicyclic) bond motifs is 1. The molecule has 3 rings (SSSR count). The summed E-state index contributed by atoms with van der Waals surface area (Å²) in [6.45, 7) is 2.63. The highest BCUT2D eigenvalue weighted by atomic mass is 32.2. The van der Waals surface area contributed by atoms with E-state index in [1.807, 2.05) is 0 Å². The van der Waals surface area contributed by atoms with Crippen LogP contribution in [0.3, 0.4) is 0 Å². The molecule has 0 spiro atoms. The van der Waals surface area contributed by atoms with Crippen LogP contribution in [0.4, 0.5) is 5.69 Å². The number of carboxylic acids is 1. The van der Waals surface area contributed by atoms with Gasteiger partial charge in [-0.25, -0.2) is 8.42 Å². The molecule has 1 aromatic heterocycles. The molecule has 1 aliphatic heterocycles. The van der Waals surface area contributed by atoms with Crippen LogP contribution in [0.15, 0.2) is 29.2 Å². The van der Waals surface area contributed by atoms with Crippen LogP contribution in [0.25, 0.3) is 10.9 Å². The summed E-state index contributed by atoms with van der Waals surface area (Å²) in [5.74, 6) is -0.988. The number of aliphatic carboxylic acids is 1. The first-order valence-electron chi connectivity index (χ1n) is 7.75. The fourth-order valence-electron chi connectivity index (χ4n) is 2.89. The van der Waals surface area contributed by atoms with E-state index in [1.54, 1.807) is 31.2 Å². The van der Waals surface area contributed by atoms with E-state index < -0.39 is 16.0 Å². The van der Waals surface area contributed by atoms with Gasteiger partial charge < -0.3 is 10.4 Å². The summed E-state index contributed by atoms with van der Waals surface area (Å²) in [5, 5.41) is 12.3. The van der Waals surface area contributed by atoms with E-state index in [9.17, 15) is 13.2 Å². The molecule has 1 fully saturated rings. The van der Waals surface area contributed by atoms with E-state index in [4.69, 9.17) is 5.11 Å². The van der Waals surface area contributed by atoms with Gasteiger partial charge in [-0.05, 0) is 44.0 Å². The number of nitrogens with zero attached hydrogens (tertiary/aromatic N) is 2. The van der Waals surface area contributed by atoms with Gasteiger partial charge in [-0.1, -0.05) is 0 Å². The second kappa shape index (κ2) is 6.37. The van der Waals surface area contributed by atoms with Crippen LogP contribution < -0.4 is 5.32 Å². The quantitative estimate of drug-likeness (QED) is 0.854. The largest absolute Gasteiger partial charge is 0.480 e. The molecule has 24 heavy (non-hydrogen) atoms. The van der Waals surface area contributed by atoms with Gasteiger partial charge in [0, 0.05) is 29.9 Å². The average molecular weight is 349 g/mol. The van der Waals surface area contributed by atoms with Gasteiger partial charge in [0.15, 0.2) is 0 Å². The fourth-order valence-corrected chi connectivity index (χ4v) is 4.44. The maximum Gasteiger partial charge on any atom is 0.322 e. The molecule has 8 heteroatoms. The van der Waals surface area contributed by atoms with Crippen LogP contribution in [0.2, 0.25) is 0 Å². The molecule has 7 nitrogen and oxygen atoms in total. The first-order chi connectivity index (χ1) is 11.4. The lowest BCUT2D eigenvalue weighted by molar-refractivity contribution is -0.134. The predicted octanol–water partition coefficient (Wildman–Crippen LogP) is 1.82. The van der Waals surface area contributed by atoms with Crippen LogP contribution in [-0.4, -0.2) is 48.4 Å². The number of benzene rings is 1. The normalized spacial score (nSPS) is 15.7. The number of anilines is 1. The molecular formula is C16H19N3O4S. The minimum atomic E-state index is -3.53. The Morgan fingerprint density at radius 3 is 2.67 bits per heavy atom. The Kier molecular flexibility index (Phi) is 4.42. The van der Waals surface area contributed by atoms with Crippen LogP contribution in [0.5, 0.6) is 0 Å². The summed E-state index contributed by atoms with van der Waals surface area (Å²) in [4.78, 5) is 15.4. The average Bonchev–Trinajstić information content (AvgIpc) is 3.07. The molecule has 1 aromatic carbocycles. The standard InChI is InChI=1S/C16H19N3O4S/c1-11-8-15(17-10-16(20)21)13-9-12(4-5-14(13)18-11)24(22,23)19-6-2-3-7-19/h4-5,8-9H,2-3,6-7,10H2,1H3,(H,17,18)(H,20,21). The summed E-state index contributed by atoms with van der Waals surface area (Å²) in [6.07, 6.45) is 1.75. The van der Waals surface area contributed by atoms with Crippen molar-refractivity contribution in [3.63, 3.8) is 0 Å². The van der Waals surface area contributed by atoms with Crippen molar-refractivity contribution < 1.29 is 18.3 Å². The summed E-state index contributed by atoms with van der Waals surface area (Å²) in [6, 6.07) is 6.51. The smallest absolute Gasteiger partial charge is 0.322 e. The van der Waals surface area contributed by atoms with Gasteiger partial charge in [-0.2, -0.15) is 4.31 Å². The van der Waals surface area contributed by atoms with Crippen molar-refractivity contribution >= 4 is 32.6 Å². The second-order valence-electron chi connectivity index (χ2n) is 5.85. The second-order valence-corrected chi connectivity index (χ2v) is 7.79. The number of aromatic nitrogens is 1. The fraction of sp³-hybridized carbons (Fsp3) is 0.375. The Balaban J connectivity index is 2.07. The van der Waals surface area contributed by atoms with Crippen molar-refractivity contribution in [1.82, 2.24) is 9.29 Å². The first kappa shape index (κ1) is 16.7. The van der Waals surface area contributed by atoms with Gasteiger partial charge in [0.05, 0.1) is 10.4 Å². The van der Waals surface area contributed by atoms with Gasteiger partial charge in [0.1, 0.15) is 6.54 Å². The highest BCUT2D eigenvalue weighted by Crippen LogP contribution is 2.28. The van der Waals surface area contributed by atoms with Gasteiger partial charge in [0.25, 0.3) is 0 Å². The molecular weight excluding hydrogens is 330 g/mol. The Labute approximate surface area is 140 Å².